The maximum Gasteiger partial charge on any atom is 0.258 e. The van der Waals surface area contributed by atoms with Gasteiger partial charge >= 0.3 is 0 Å². The van der Waals surface area contributed by atoms with Gasteiger partial charge in [0.1, 0.15) is 17.9 Å². The lowest BCUT2D eigenvalue weighted by atomic mass is 10.1. The third-order valence-corrected chi connectivity index (χ3v) is 3.92. The first-order valence-electron chi connectivity index (χ1n) is 7.57. The molecule has 23 heavy (non-hydrogen) atoms. The summed E-state index contributed by atoms with van der Waals surface area (Å²) >= 11 is 0. The van der Waals surface area contributed by atoms with Crippen LogP contribution in [0.5, 0.6) is 5.75 Å². The van der Waals surface area contributed by atoms with Crippen molar-refractivity contribution < 1.29 is 4.74 Å². The number of piperidine rings is 1. The van der Waals surface area contributed by atoms with Crippen LogP contribution in [0.4, 0.5) is 5.69 Å². The molecule has 3 N–H and O–H groups in total. The number of nitrogen functional groups attached to an aromatic ring is 1. The van der Waals surface area contributed by atoms with E-state index in [1.807, 2.05) is 6.07 Å². The van der Waals surface area contributed by atoms with Crippen molar-refractivity contribution in [3.63, 3.8) is 0 Å². The molecule has 3 rings (SSSR count). The second-order valence-corrected chi connectivity index (χ2v) is 5.52. The Bertz CT molecular complexity index is 801. The summed E-state index contributed by atoms with van der Waals surface area (Å²) in [6, 6.07) is 10.2. The Balaban J connectivity index is 1.85. The van der Waals surface area contributed by atoms with Gasteiger partial charge in [-0.3, -0.25) is 9.36 Å². The van der Waals surface area contributed by atoms with Crippen LogP contribution >= 0.6 is 0 Å². The number of ether oxygens (including phenoxy) is 1. The molecule has 1 aromatic heterocycles. The molecule has 0 unspecified atom stereocenters. The normalized spacial score (nSPS) is 15.1. The molecule has 1 aliphatic rings. The molecule has 0 atom stereocenters. The van der Waals surface area contributed by atoms with E-state index in [1.54, 1.807) is 30.5 Å². The highest BCUT2D eigenvalue weighted by Gasteiger charge is 2.15. The monoisotopic (exact) mass is 310 g/mol. The average molecular weight is 310 g/mol. The Morgan fingerprint density at radius 3 is 2.74 bits per heavy atom. The fourth-order valence-corrected chi connectivity index (χ4v) is 2.64. The summed E-state index contributed by atoms with van der Waals surface area (Å²) in [5.41, 5.74) is 6.86. The van der Waals surface area contributed by atoms with Gasteiger partial charge in [-0.2, -0.15) is 5.26 Å². The summed E-state index contributed by atoms with van der Waals surface area (Å²) < 4.78 is 7.33. The molecule has 0 aliphatic carbocycles. The number of hydrogen-bond donors (Lipinski definition) is 2. The molecule has 6 heteroatoms. The summed E-state index contributed by atoms with van der Waals surface area (Å²) in [7, 11) is 0. The van der Waals surface area contributed by atoms with Crippen LogP contribution < -0.4 is 21.3 Å². The van der Waals surface area contributed by atoms with Crippen LogP contribution in [0.3, 0.4) is 0 Å². The van der Waals surface area contributed by atoms with Crippen LogP contribution in [-0.2, 0) is 0 Å². The second-order valence-electron chi connectivity index (χ2n) is 5.52. The van der Waals surface area contributed by atoms with E-state index in [0.717, 1.165) is 25.9 Å². The van der Waals surface area contributed by atoms with Crippen LogP contribution in [0.2, 0.25) is 0 Å². The first-order valence-corrected chi connectivity index (χ1v) is 7.57. The molecule has 1 saturated heterocycles. The van der Waals surface area contributed by atoms with Crippen molar-refractivity contribution in [3.8, 4) is 17.5 Å². The largest absolute Gasteiger partial charge is 0.490 e. The van der Waals surface area contributed by atoms with Gasteiger partial charge in [-0.15, -0.1) is 0 Å². The Hall–Kier alpha value is -2.78. The van der Waals surface area contributed by atoms with Gasteiger partial charge in [-0.1, -0.05) is 0 Å². The molecule has 2 aromatic rings. The first-order chi connectivity index (χ1) is 11.2. The van der Waals surface area contributed by atoms with Gasteiger partial charge in [0.05, 0.1) is 11.3 Å². The number of benzene rings is 1. The highest BCUT2D eigenvalue weighted by Crippen LogP contribution is 2.18. The molecule has 0 saturated carbocycles. The number of nitrogens with zero attached hydrogens (tertiary/aromatic N) is 2. The van der Waals surface area contributed by atoms with Gasteiger partial charge in [-0.25, -0.2) is 0 Å². The summed E-state index contributed by atoms with van der Waals surface area (Å²) in [6.45, 7) is 1.87. The Labute approximate surface area is 134 Å². The quantitative estimate of drug-likeness (QED) is 0.836. The van der Waals surface area contributed by atoms with Crippen molar-refractivity contribution in [2.75, 3.05) is 18.8 Å². The number of anilines is 1. The van der Waals surface area contributed by atoms with Crippen LogP contribution in [0, 0.1) is 11.3 Å². The van der Waals surface area contributed by atoms with Crippen molar-refractivity contribution in [1.82, 2.24) is 9.88 Å². The zero-order valence-corrected chi connectivity index (χ0v) is 12.7. The van der Waals surface area contributed by atoms with E-state index in [0.29, 0.717) is 22.7 Å². The molecule has 6 nitrogen and oxygen atoms in total. The van der Waals surface area contributed by atoms with Crippen molar-refractivity contribution in [2.45, 2.75) is 18.9 Å². The number of pyridine rings is 1. The Kier molecular flexibility index (Phi) is 4.31. The minimum absolute atomic E-state index is 0.146. The molecule has 0 bridgehead atoms. The molecule has 0 spiro atoms. The molecule has 1 aromatic carbocycles. The minimum atomic E-state index is -0.204. The third-order valence-electron chi connectivity index (χ3n) is 3.92. The molecule has 0 amide bonds. The van der Waals surface area contributed by atoms with E-state index in [-0.39, 0.29) is 11.7 Å². The van der Waals surface area contributed by atoms with E-state index >= 15 is 0 Å². The topological polar surface area (TPSA) is 93.1 Å². The van der Waals surface area contributed by atoms with Crippen LogP contribution in [0.15, 0.2) is 41.3 Å². The number of rotatable bonds is 3. The van der Waals surface area contributed by atoms with E-state index in [4.69, 9.17) is 15.7 Å². The Morgan fingerprint density at radius 2 is 2.04 bits per heavy atom. The second kappa shape index (κ2) is 6.55. The van der Waals surface area contributed by atoms with Crippen LogP contribution in [0.25, 0.3) is 5.69 Å². The standard InChI is InChI=1S/C17H18N4O2/c18-11-12-9-13(1-2-16(12)19)21-8-5-15(10-17(21)22)23-14-3-6-20-7-4-14/h1-2,5,8-10,14,20H,3-4,6-7,19H2. The van der Waals surface area contributed by atoms with Crippen molar-refractivity contribution in [1.29, 1.82) is 5.26 Å². The molecule has 2 heterocycles. The van der Waals surface area contributed by atoms with Gasteiger partial charge in [0.15, 0.2) is 0 Å². The van der Waals surface area contributed by atoms with Crippen molar-refractivity contribution in [2.24, 2.45) is 0 Å². The summed E-state index contributed by atoms with van der Waals surface area (Å²) in [4.78, 5) is 12.3. The van der Waals surface area contributed by atoms with E-state index in [1.165, 1.54) is 10.6 Å². The fourth-order valence-electron chi connectivity index (χ4n) is 2.64. The molecular formula is C17H18N4O2. The van der Waals surface area contributed by atoms with Gasteiger partial charge in [-0.05, 0) is 50.2 Å². The van der Waals surface area contributed by atoms with E-state index < -0.39 is 0 Å². The highest BCUT2D eigenvalue weighted by atomic mass is 16.5. The fraction of sp³-hybridized carbons (Fsp3) is 0.294. The smallest absolute Gasteiger partial charge is 0.258 e. The van der Waals surface area contributed by atoms with Gasteiger partial charge in [0.25, 0.3) is 5.56 Å². The first kappa shape index (κ1) is 15.1. The molecule has 118 valence electrons. The molecule has 1 aliphatic heterocycles. The number of nitrogens with one attached hydrogen (secondary N) is 1. The zero-order chi connectivity index (χ0) is 16.2. The number of nitriles is 1. The van der Waals surface area contributed by atoms with Gasteiger partial charge < -0.3 is 15.8 Å². The molecule has 0 radical (unpaired) electrons. The highest BCUT2D eigenvalue weighted by molar-refractivity contribution is 5.58. The average Bonchev–Trinajstić information content (AvgIpc) is 2.57. The number of hydrogen-bond acceptors (Lipinski definition) is 5. The van der Waals surface area contributed by atoms with Crippen molar-refractivity contribution >= 4 is 5.69 Å². The van der Waals surface area contributed by atoms with Gasteiger partial charge in [0, 0.05) is 18.0 Å². The van der Waals surface area contributed by atoms with Crippen molar-refractivity contribution in [3.05, 3.63) is 52.4 Å². The maximum absolute atomic E-state index is 12.3. The summed E-state index contributed by atoms with van der Waals surface area (Å²) in [6.07, 6.45) is 3.68. The predicted molar refractivity (Wildman–Crippen MR) is 87.7 cm³/mol. The van der Waals surface area contributed by atoms with E-state index in [2.05, 4.69) is 5.32 Å². The SMILES string of the molecule is N#Cc1cc(-n2ccc(OC3CCNCC3)cc2=O)ccc1N. The number of aromatic nitrogens is 1. The maximum atomic E-state index is 12.3. The third kappa shape index (κ3) is 3.35. The lowest BCUT2D eigenvalue weighted by Gasteiger charge is -2.23. The van der Waals surface area contributed by atoms with E-state index in [9.17, 15) is 4.79 Å². The zero-order valence-electron chi connectivity index (χ0n) is 12.7. The summed E-state index contributed by atoms with van der Waals surface area (Å²) in [5, 5.41) is 12.3. The molecular weight excluding hydrogens is 292 g/mol. The van der Waals surface area contributed by atoms with Crippen LogP contribution in [-0.4, -0.2) is 23.8 Å². The predicted octanol–water partition coefficient (Wildman–Crippen LogP) is 1.42. The molecule has 1 fully saturated rings. The lowest BCUT2D eigenvalue weighted by molar-refractivity contribution is 0.162. The number of nitrogens with two attached hydrogens (primary N) is 1. The Morgan fingerprint density at radius 1 is 1.26 bits per heavy atom. The van der Waals surface area contributed by atoms with Gasteiger partial charge in [0.2, 0.25) is 0 Å². The minimum Gasteiger partial charge on any atom is -0.490 e. The summed E-state index contributed by atoms with van der Waals surface area (Å²) in [5.74, 6) is 0.578. The lowest BCUT2D eigenvalue weighted by Crippen LogP contribution is -2.34. The van der Waals surface area contributed by atoms with Crippen LogP contribution in [0.1, 0.15) is 18.4 Å².